The van der Waals surface area contributed by atoms with Crippen LogP contribution in [0.25, 0.3) is 10.4 Å². The molecule has 0 aliphatic rings. The Kier molecular flexibility index (Phi) is 5.59. The van der Waals surface area contributed by atoms with Crippen LogP contribution in [0.5, 0.6) is 0 Å². The zero-order valence-corrected chi connectivity index (χ0v) is 11.3. The average Bonchev–Trinajstić information content (AvgIpc) is 2.20. The molecule has 0 aliphatic heterocycles. The van der Waals surface area contributed by atoms with Crippen LogP contribution in [0.1, 0.15) is 1.43 Å². The van der Waals surface area contributed by atoms with Crippen molar-refractivity contribution < 1.29 is 61.5 Å². The summed E-state index contributed by atoms with van der Waals surface area (Å²) in [6.07, 6.45) is 0. The zero-order valence-electron chi connectivity index (χ0n) is 9.53. The van der Waals surface area contributed by atoms with Crippen molar-refractivity contribution in [2.24, 2.45) is 5.11 Å². The molecule has 1 aromatic carbocycles. The Morgan fingerprint density at radius 3 is 1.78 bits per heavy atom. The first-order chi connectivity index (χ1) is 7.71. The molecule has 0 aliphatic carbocycles. The number of benzene rings is 1. The second-order valence-corrected chi connectivity index (χ2v) is 3.96. The van der Waals surface area contributed by atoms with E-state index < -0.39 is 44.0 Å². The molecule has 0 spiro atoms. The van der Waals surface area contributed by atoms with E-state index in [0.717, 1.165) is 0 Å². The van der Waals surface area contributed by atoms with E-state index in [1.807, 2.05) is 4.91 Å². The number of hydrogen-bond donors (Lipinski definition) is 1. The second kappa shape index (κ2) is 5.87. The van der Waals surface area contributed by atoms with Crippen LogP contribution in [0, 0.1) is 23.3 Å². The molecule has 0 fully saturated rings. The summed E-state index contributed by atoms with van der Waals surface area (Å²) in [6, 6.07) is 0. The van der Waals surface area contributed by atoms with Crippen LogP contribution in [0.2, 0.25) is 0 Å². The molecular formula is C6H2F4N3NaO3S. The zero-order chi connectivity index (χ0) is 13.4. The van der Waals surface area contributed by atoms with Crippen molar-refractivity contribution in [1.29, 1.82) is 0 Å². The minimum atomic E-state index is -5.51. The number of hydrogen-bond acceptors (Lipinski definition) is 3. The minimum absolute atomic E-state index is 0. The Labute approximate surface area is 121 Å². The standard InChI is InChI=1S/C6HF4N3O3S.Na.H/c7-1-3(9)6(17(14,15)16)4(10)2(8)5(1)12-13-11;;/h(H,14,15,16);;/q;+1;-1. The first-order valence-corrected chi connectivity index (χ1v) is 5.04. The molecule has 0 unspecified atom stereocenters. The van der Waals surface area contributed by atoms with E-state index in [0.29, 0.717) is 0 Å². The summed E-state index contributed by atoms with van der Waals surface area (Å²) in [6.45, 7) is 0. The van der Waals surface area contributed by atoms with E-state index in [1.165, 1.54) is 0 Å². The third-order valence-electron chi connectivity index (χ3n) is 1.60. The fourth-order valence-electron chi connectivity index (χ4n) is 0.959. The predicted octanol–water partition coefficient (Wildman–Crippen LogP) is -0.452. The Balaban J connectivity index is 0. The normalized spacial score (nSPS) is 10.5. The smallest absolute Gasteiger partial charge is 1.00 e. The molecule has 18 heavy (non-hydrogen) atoms. The first kappa shape index (κ1) is 17.2. The van der Waals surface area contributed by atoms with Crippen molar-refractivity contribution in [2.45, 2.75) is 4.90 Å². The van der Waals surface area contributed by atoms with E-state index in [4.69, 9.17) is 10.1 Å². The Hall–Kier alpha value is -0.840. The molecule has 0 radical (unpaired) electrons. The Bertz CT molecular complexity index is 621. The SMILES string of the molecule is [H-].[N-]=[N+]=Nc1c(F)c(F)c(S(=O)(=O)O)c(F)c1F.[Na+]. The summed E-state index contributed by atoms with van der Waals surface area (Å²) >= 11 is 0. The minimum Gasteiger partial charge on any atom is -1.00 e. The van der Waals surface area contributed by atoms with Crippen LogP contribution >= 0.6 is 0 Å². The molecule has 0 saturated heterocycles. The number of nitrogens with zero attached hydrogens (tertiary/aromatic N) is 3. The fourth-order valence-corrected chi connectivity index (χ4v) is 1.59. The van der Waals surface area contributed by atoms with Crippen molar-refractivity contribution in [1.82, 2.24) is 0 Å². The van der Waals surface area contributed by atoms with Gasteiger partial charge in [-0.3, -0.25) is 4.55 Å². The summed E-state index contributed by atoms with van der Waals surface area (Å²) in [7, 11) is -5.51. The maximum absolute atomic E-state index is 13.0. The van der Waals surface area contributed by atoms with Gasteiger partial charge in [-0.25, -0.2) is 17.6 Å². The van der Waals surface area contributed by atoms with Crippen LogP contribution in [-0.2, 0) is 10.1 Å². The van der Waals surface area contributed by atoms with Gasteiger partial charge in [-0.2, -0.15) is 8.42 Å². The molecule has 94 valence electrons. The molecule has 0 saturated carbocycles. The second-order valence-electron chi connectivity index (χ2n) is 2.60. The molecular weight excluding hydrogens is 293 g/mol. The summed E-state index contributed by atoms with van der Waals surface area (Å²) in [4.78, 5) is -0.289. The molecule has 1 N–H and O–H groups in total. The van der Waals surface area contributed by atoms with Gasteiger partial charge in [0.25, 0.3) is 0 Å². The Morgan fingerprint density at radius 2 is 1.50 bits per heavy atom. The summed E-state index contributed by atoms with van der Waals surface area (Å²) in [5, 5.41) is 2.32. The van der Waals surface area contributed by atoms with Gasteiger partial charge in [-0.1, -0.05) is 5.11 Å². The van der Waals surface area contributed by atoms with E-state index in [9.17, 15) is 26.0 Å². The maximum atomic E-state index is 13.0. The molecule has 0 bridgehead atoms. The molecule has 6 nitrogen and oxygen atoms in total. The van der Waals surface area contributed by atoms with Gasteiger partial charge in [0, 0.05) is 4.91 Å². The van der Waals surface area contributed by atoms with Gasteiger partial charge < -0.3 is 1.43 Å². The van der Waals surface area contributed by atoms with Crippen molar-refractivity contribution in [3.05, 3.63) is 33.7 Å². The van der Waals surface area contributed by atoms with Crippen LogP contribution in [0.3, 0.4) is 0 Å². The van der Waals surface area contributed by atoms with Gasteiger partial charge in [-0.05, 0) is 5.53 Å². The fraction of sp³-hybridized carbons (Fsp3) is 0. The first-order valence-electron chi connectivity index (χ1n) is 3.60. The van der Waals surface area contributed by atoms with Gasteiger partial charge >= 0.3 is 39.7 Å². The molecule has 12 heteroatoms. The van der Waals surface area contributed by atoms with Crippen molar-refractivity contribution in [2.75, 3.05) is 0 Å². The van der Waals surface area contributed by atoms with Gasteiger partial charge in [-0.15, -0.1) is 0 Å². The van der Waals surface area contributed by atoms with Crippen LogP contribution < -0.4 is 29.6 Å². The van der Waals surface area contributed by atoms with E-state index in [1.54, 1.807) is 0 Å². The summed E-state index contributed by atoms with van der Waals surface area (Å²) in [5.74, 6) is -9.22. The third-order valence-corrected chi connectivity index (χ3v) is 2.48. The summed E-state index contributed by atoms with van der Waals surface area (Å²) in [5.41, 5.74) is 6.22. The van der Waals surface area contributed by atoms with Crippen LogP contribution in [0.15, 0.2) is 10.0 Å². The largest absolute Gasteiger partial charge is 1.00 e. The van der Waals surface area contributed by atoms with Gasteiger partial charge in [0.1, 0.15) is 5.69 Å². The third kappa shape index (κ3) is 2.94. The molecule has 1 aromatic rings. The maximum Gasteiger partial charge on any atom is 1.00 e. The molecule has 0 aromatic heterocycles. The van der Waals surface area contributed by atoms with Gasteiger partial charge in [0.05, 0.1) is 0 Å². The van der Waals surface area contributed by atoms with Crippen LogP contribution in [0.4, 0.5) is 23.2 Å². The number of rotatable bonds is 2. The van der Waals surface area contributed by atoms with Gasteiger partial charge in [0.15, 0.2) is 28.2 Å². The van der Waals surface area contributed by atoms with E-state index >= 15 is 0 Å². The quantitative estimate of drug-likeness (QED) is 0.152. The van der Waals surface area contributed by atoms with Crippen LogP contribution in [-0.4, -0.2) is 13.0 Å². The molecule has 1 rings (SSSR count). The summed E-state index contributed by atoms with van der Waals surface area (Å²) < 4.78 is 81.4. The van der Waals surface area contributed by atoms with E-state index in [-0.39, 0.29) is 31.0 Å². The number of azide groups is 1. The average molecular weight is 295 g/mol. The van der Waals surface area contributed by atoms with Crippen molar-refractivity contribution in [3.63, 3.8) is 0 Å². The van der Waals surface area contributed by atoms with Crippen molar-refractivity contribution >= 4 is 15.8 Å². The number of halogens is 4. The van der Waals surface area contributed by atoms with E-state index in [2.05, 4.69) is 5.11 Å². The molecule has 0 amide bonds. The molecule has 0 heterocycles. The van der Waals surface area contributed by atoms with Gasteiger partial charge in [0.2, 0.25) is 0 Å². The predicted molar refractivity (Wildman–Crippen MR) is 46.0 cm³/mol. The van der Waals surface area contributed by atoms with Crippen molar-refractivity contribution in [3.8, 4) is 0 Å². The Morgan fingerprint density at radius 1 is 1.11 bits per heavy atom. The monoisotopic (exact) mass is 295 g/mol. The molecule has 0 atom stereocenters. The topological polar surface area (TPSA) is 103 Å².